The van der Waals surface area contributed by atoms with Crippen molar-refractivity contribution in [2.45, 2.75) is 123 Å². The molecule has 1 N–H and O–H groups in total. The smallest absolute Gasteiger partial charge is 0.410 e. The maximum Gasteiger partial charge on any atom is 0.410 e. The maximum atomic E-state index is 12.8. The highest BCUT2D eigenvalue weighted by Gasteiger charge is 2.44. The van der Waals surface area contributed by atoms with Crippen molar-refractivity contribution in [2.24, 2.45) is 0 Å². The van der Waals surface area contributed by atoms with Crippen molar-refractivity contribution in [3.8, 4) is 0 Å². The third-order valence-corrected chi connectivity index (χ3v) is 9.89. The van der Waals surface area contributed by atoms with Crippen LogP contribution < -0.4 is 0 Å². The molecule has 274 valence electrons. The topological polar surface area (TPSA) is 103 Å². The van der Waals surface area contributed by atoms with Crippen LogP contribution in [-0.4, -0.2) is 123 Å². The van der Waals surface area contributed by atoms with E-state index in [0.29, 0.717) is 32.6 Å². The van der Waals surface area contributed by atoms with Crippen molar-refractivity contribution in [3.63, 3.8) is 0 Å². The van der Waals surface area contributed by atoms with E-state index in [9.17, 15) is 19.5 Å². The zero-order valence-electron chi connectivity index (χ0n) is 31.4. The summed E-state index contributed by atoms with van der Waals surface area (Å²) in [7, 11) is 0. The molecule has 5 atom stereocenters. The molecule has 0 saturated carbocycles. The summed E-state index contributed by atoms with van der Waals surface area (Å²) in [6, 6.07) is 17.4. The monoisotopic (exact) mass is 690 g/mol. The molecule has 4 aliphatic rings. The van der Waals surface area contributed by atoms with Gasteiger partial charge in [0.05, 0.1) is 24.7 Å². The van der Waals surface area contributed by atoms with Crippen LogP contribution in [0.4, 0.5) is 9.59 Å². The lowest BCUT2D eigenvalue weighted by Gasteiger charge is -2.43. The van der Waals surface area contributed by atoms with Gasteiger partial charge in [-0.25, -0.2) is 9.59 Å². The molecule has 6 rings (SSSR count). The van der Waals surface area contributed by atoms with Gasteiger partial charge in [-0.15, -0.1) is 0 Å². The number of nitrogens with zero attached hydrogens (tertiary/aromatic N) is 4. The van der Waals surface area contributed by atoms with Gasteiger partial charge in [-0.1, -0.05) is 59.7 Å². The SMILES string of the molecule is Cc1ccc(C[C@H]2CN3CC(=O)C[C@H]3CN2C(=O)OC(C)(C)C)cc1.Cc1ccc(C[C@H]2CN3C[C@H](O)C[C@H]3CN2C(=O)OC(C)(C)C)cc1. The Morgan fingerprint density at radius 3 is 1.58 bits per heavy atom. The number of fused-ring (bicyclic) bond motifs is 2. The zero-order chi connectivity index (χ0) is 36.4. The number of ketones is 1. The Morgan fingerprint density at radius 2 is 1.12 bits per heavy atom. The second-order valence-corrected chi connectivity index (χ2v) is 16.8. The number of carbonyl (C=O) groups is 3. The first-order valence-electron chi connectivity index (χ1n) is 18.2. The van der Waals surface area contributed by atoms with Gasteiger partial charge in [0.15, 0.2) is 0 Å². The molecular weight excluding hydrogens is 632 g/mol. The number of rotatable bonds is 4. The van der Waals surface area contributed by atoms with Crippen molar-refractivity contribution in [1.29, 1.82) is 0 Å². The van der Waals surface area contributed by atoms with Crippen LogP contribution in [0.3, 0.4) is 0 Å². The fraction of sp³-hybridized carbons (Fsp3) is 0.625. The van der Waals surface area contributed by atoms with Crippen molar-refractivity contribution >= 4 is 18.0 Å². The first-order valence-corrected chi connectivity index (χ1v) is 18.2. The summed E-state index contributed by atoms with van der Waals surface area (Å²) in [6.45, 7) is 19.4. The molecule has 4 aliphatic heterocycles. The fourth-order valence-corrected chi connectivity index (χ4v) is 7.50. The highest BCUT2D eigenvalue weighted by Crippen LogP contribution is 2.29. The number of ether oxygens (including phenoxy) is 2. The molecule has 50 heavy (non-hydrogen) atoms. The summed E-state index contributed by atoms with van der Waals surface area (Å²) < 4.78 is 11.3. The molecule has 0 bridgehead atoms. The second kappa shape index (κ2) is 15.4. The molecule has 4 fully saturated rings. The van der Waals surface area contributed by atoms with Crippen LogP contribution in [0.1, 0.15) is 76.6 Å². The molecule has 2 amide bonds. The number of benzene rings is 2. The second-order valence-electron chi connectivity index (χ2n) is 16.8. The molecule has 0 spiro atoms. The van der Waals surface area contributed by atoms with E-state index in [4.69, 9.17) is 9.47 Å². The third-order valence-electron chi connectivity index (χ3n) is 9.89. The maximum absolute atomic E-state index is 12.8. The van der Waals surface area contributed by atoms with Crippen molar-refractivity contribution in [2.75, 3.05) is 39.3 Å². The van der Waals surface area contributed by atoms with Gasteiger partial charge >= 0.3 is 12.2 Å². The normalized spacial score (nSPS) is 25.8. The predicted molar refractivity (Wildman–Crippen MR) is 194 cm³/mol. The third kappa shape index (κ3) is 10.3. The number of aryl methyl sites for hydroxylation is 2. The Labute approximate surface area is 298 Å². The molecule has 0 radical (unpaired) electrons. The van der Waals surface area contributed by atoms with Gasteiger partial charge < -0.3 is 24.4 Å². The van der Waals surface area contributed by atoms with E-state index in [2.05, 4.69) is 72.2 Å². The summed E-state index contributed by atoms with van der Waals surface area (Å²) in [6.07, 6.45) is 2.04. The first kappa shape index (κ1) is 37.8. The van der Waals surface area contributed by atoms with Gasteiger partial charge in [-0.3, -0.25) is 14.6 Å². The molecule has 4 saturated heterocycles. The van der Waals surface area contributed by atoms with Gasteiger partial charge in [0, 0.05) is 51.2 Å². The van der Waals surface area contributed by atoms with Gasteiger partial charge in [0.25, 0.3) is 0 Å². The van der Waals surface area contributed by atoms with Crippen LogP contribution >= 0.6 is 0 Å². The van der Waals surface area contributed by atoms with Crippen molar-refractivity contribution in [3.05, 3.63) is 70.8 Å². The standard InChI is InChI=1S/C20H30N2O3.C20H28N2O3/c2*1-14-5-7-15(8-6-14)9-17-11-21-13-18(23)10-16(21)12-22(17)19(24)25-20(2,3)4/h5-8,16-18,23H,9-13H2,1-4H3;5-8,16-17H,9-13H2,1-4H3/t16-,17-,18+;16-,17-/m00/s1. The quantitative estimate of drug-likeness (QED) is 0.456. The summed E-state index contributed by atoms with van der Waals surface area (Å²) in [5.74, 6) is 0.269. The van der Waals surface area contributed by atoms with Crippen LogP contribution in [0.2, 0.25) is 0 Å². The van der Waals surface area contributed by atoms with E-state index < -0.39 is 11.2 Å². The van der Waals surface area contributed by atoms with Crippen LogP contribution in [0.25, 0.3) is 0 Å². The number of Topliss-reactive ketones (excluding diaryl/α,β-unsaturated/α-hetero) is 1. The number of hydrogen-bond acceptors (Lipinski definition) is 8. The predicted octanol–water partition coefficient (Wildman–Crippen LogP) is 5.39. The molecule has 0 unspecified atom stereocenters. The summed E-state index contributed by atoms with van der Waals surface area (Å²) in [5.41, 5.74) is 3.86. The van der Waals surface area contributed by atoms with E-state index in [1.165, 1.54) is 22.3 Å². The zero-order valence-corrected chi connectivity index (χ0v) is 31.4. The number of amides is 2. The van der Waals surface area contributed by atoms with Crippen LogP contribution in [-0.2, 0) is 27.1 Å². The minimum atomic E-state index is -0.520. The van der Waals surface area contributed by atoms with Gasteiger partial charge in [-0.2, -0.15) is 0 Å². The molecule has 2 aromatic rings. The Hall–Kier alpha value is -3.47. The summed E-state index contributed by atoms with van der Waals surface area (Å²) in [4.78, 5) is 45.6. The summed E-state index contributed by atoms with van der Waals surface area (Å²) >= 11 is 0. The van der Waals surface area contributed by atoms with Crippen LogP contribution in [0, 0.1) is 13.8 Å². The lowest BCUT2D eigenvalue weighted by Crippen LogP contribution is -2.59. The van der Waals surface area contributed by atoms with Crippen molar-refractivity contribution in [1.82, 2.24) is 19.6 Å². The Balaban J connectivity index is 0.000000194. The largest absolute Gasteiger partial charge is 0.444 e. The van der Waals surface area contributed by atoms with Gasteiger partial charge in [0.2, 0.25) is 0 Å². The van der Waals surface area contributed by atoms with Gasteiger partial charge in [0.1, 0.15) is 17.0 Å². The number of hydrogen-bond donors (Lipinski definition) is 1. The Kier molecular flexibility index (Phi) is 11.6. The van der Waals surface area contributed by atoms with Crippen LogP contribution in [0.15, 0.2) is 48.5 Å². The highest BCUT2D eigenvalue weighted by atomic mass is 16.6. The average molecular weight is 691 g/mol. The van der Waals surface area contributed by atoms with E-state index in [-0.39, 0.29) is 48.2 Å². The molecule has 0 aliphatic carbocycles. The number of carbonyl (C=O) groups excluding carboxylic acids is 3. The van der Waals surface area contributed by atoms with Crippen LogP contribution in [0.5, 0.6) is 0 Å². The molecule has 0 aromatic heterocycles. The van der Waals surface area contributed by atoms with Gasteiger partial charge in [-0.05, 0) is 85.8 Å². The molecule has 10 heteroatoms. The number of aliphatic hydroxyl groups excluding tert-OH is 1. The summed E-state index contributed by atoms with van der Waals surface area (Å²) in [5, 5.41) is 10.0. The highest BCUT2D eigenvalue weighted by molar-refractivity contribution is 5.83. The Morgan fingerprint density at radius 1 is 0.680 bits per heavy atom. The molecule has 4 heterocycles. The molecular formula is C40H58N4O6. The average Bonchev–Trinajstić information content (AvgIpc) is 3.56. The molecule has 2 aromatic carbocycles. The van der Waals surface area contributed by atoms with E-state index in [1.54, 1.807) is 0 Å². The lowest BCUT2D eigenvalue weighted by atomic mass is 9.99. The molecule has 10 nitrogen and oxygen atoms in total. The minimum absolute atomic E-state index is 0.0275. The lowest BCUT2D eigenvalue weighted by molar-refractivity contribution is -0.116. The van der Waals surface area contributed by atoms with E-state index in [1.807, 2.05) is 51.3 Å². The van der Waals surface area contributed by atoms with Crippen molar-refractivity contribution < 1.29 is 29.0 Å². The first-order chi connectivity index (χ1) is 23.4. The van der Waals surface area contributed by atoms with E-state index in [0.717, 1.165) is 32.4 Å². The number of aliphatic hydroxyl groups is 1. The number of piperazine rings is 2. The minimum Gasteiger partial charge on any atom is -0.444 e. The van der Waals surface area contributed by atoms with E-state index >= 15 is 0 Å². The Bertz CT molecular complexity index is 1480. The fourth-order valence-electron chi connectivity index (χ4n) is 7.50.